The molecule has 0 radical (unpaired) electrons. The Hall–Kier alpha value is -0.680. The third-order valence-corrected chi connectivity index (χ3v) is 4.14. The Balaban J connectivity index is 1.51. The topological polar surface area (TPSA) is 38.2 Å². The molecule has 0 atom stereocenters. The number of likely N-dealkylation sites (tertiary alicyclic amines) is 1. The number of hydrogen-bond donors (Lipinski definition) is 0. The van der Waals surface area contributed by atoms with Crippen LogP contribution in [0.4, 0.5) is 0 Å². The summed E-state index contributed by atoms with van der Waals surface area (Å²) in [6.07, 6.45) is 6.45. The Morgan fingerprint density at radius 2 is 2.00 bits per heavy atom. The Kier molecular flexibility index (Phi) is 4.33. The van der Waals surface area contributed by atoms with Gasteiger partial charge < -0.3 is 4.74 Å². The fourth-order valence-corrected chi connectivity index (χ4v) is 2.85. The molecule has 2 fully saturated rings. The third kappa shape index (κ3) is 3.89. The van der Waals surface area contributed by atoms with E-state index in [0.29, 0.717) is 18.4 Å². The van der Waals surface area contributed by atoms with Gasteiger partial charge in [0.25, 0.3) is 0 Å². The van der Waals surface area contributed by atoms with Crippen molar-refractivity contribution in [1.82, 2.24) is 14.9 Å². The fraction of sp³-hybridized carbons (Fsp3) is 0.714. The third-order valence-electron chi connectivity index (χ3n) is 3.74. The molecule has 2 aliphatic rings. The Bertz CT molecular complexity index is 431. The molecule has 0 spiro atoms. The molecule has 3 rings (SSSR count). The SMILES string of the molecule is Brc1cc(OCCN2CCCCC2)nc(C2CC2)n1. The van der Waals surface area contributed by atoms with Crippen molar-refractivity contribution < 1.29 is 4.74 Å². The number of halogens is 1. The van der Waals surface area contributed by atoms with E-state index in [2.05, 4.69) is 30.8 Å². The van der Waals surface area contributed by atoms with Crippen LogP contribution in [0.5, 0.6) is 5.88 Å². The summed E-state index contributed by atoms with van der Waals surface area (Å²) in [4.78, 5) is 11.4. The lowest BCUT2D eigenvalue weighted by Gasteiger charge is -2.26. The minimum absolute atomic E-state index is 0.557. The summed E-state index contributed by atoms with van der Waals surface area (Å²) < 4.78 is 6.62. The van der Waals surface area contributed by atoms with Gasteiger partial charge in [0.1, 0.15) is 17.0 Å². The smallest absolute Gasteiger partial charge is 0.217 e. The van der Waals surface area contributed by atoms with Crippen molar-refractivity contribution in [3.8, 4) is 5.88 Å². The van der Waals surface area contributed by atoms with Crippen LogP contribution in [0.3, 0.4) is 0 Å². The van der Waals surface area contributed by atoms with Crippen LogP contribution in [0.15, 0.2) is 10.7 Å². The quantitative estimate of drug-likeness (QED) is 0.780. The number of rotatable bonds is 5. The van der Waals surface area contributed by atoms with E-state index in [-0.39, 0.29) is 0 Å². The van der Waals surface area contributed by atoms with Gasteiger partial charge in [0.05, 0.1) is 0 Å². The summed E-state index contributed by atoms with van der Waals surface area (Å²) in [7, 11) is 0. The van der Waals surface area contributed by atoms with Gasteiger partial charge >= 0.3 is 0 Å². The van der Waals surface area contributed by atoms with Crippen LogP contribution in [0.25, 0.3) is 0 Å². The summed E-state index contributed by atoms with van der Waals surface area (Å²) in [5, 5.41) is 0. The highest BCUT2D eigenvalue weighted by atomic mass is 79.9. The number of aromatic nitrogens is 2. The zero-order valence-electron chi connectivity index (χ0n) is 11.1. The normalized spacial score (nSPS) is 20.5. The van der Waals surface area contributed by atoms with Crippen molar-refractivity contribution in [2.24, 2.45) is 0 Å². The zero-order chi connectivity index (χ0) is 13.1. The number of ether oxygens (including phenoxy) is 1. The number of piperidine rings is 1. The van der Waals surface area contributed by atoms with Crippen molar-refractivity contribution >= 4 is 15.9 Å². The Labute approximate surface area is 122 Å². The zero-order valence-corrected chi connectivity index (χ0v) is 12.7. The van der Waals surface area contributed by atoms with E-state index in [1.807, 2.05) is 6.07 Å². The molecule has 1 aromatic rings. The molecule has 4 nitrogen and oxygen atoms in total. The second kappa shape index (κ2) is 6.18. The monoisotopic (exact) mass is 325 g/mol. The van der Waals surface area contributed by atoms with Gasteiger partial charge in [-0.1, -0.05) is 6.42 Å². The highest BCUT2D eigenvalue weighted by Crippen LogP contribution is 2.39. The van der Waals surface area contributed by atoms with E-state index in [1.54, 1.807) is 0 Å². The molecule has 0 amide bonds. The molecule has 1 aromatic heterocycles. The minimum atomic E-state index is 0.557. The molecule has 0 bridgehead atoms. The van der Waals surface area contributed by atoms with Gasteiger partial charge in [0, 0.05) is 18.5 Å². The predicted octanol–water partition coefficient (Wildman–Crippen LogP) is 2.98. The first kappa shape index (κ1) is 13.3. The van der Waals surface area contributed by atoms with Crippen LogP contribution in [0.1, 0.15) is 43.8 Å². The average molecular weight is 326 g/mol. The first-order valence-electron chi connectivity index (χ1n) is 7.21. The number of nitrogens with zero attached hydrogens (tertiary/aromatic N) is 3. The van der Waals surface area contributed by atoms with Crippen molar-refractivity contribution in [1.29, 1.82) is 0 Å². The van der Waals surface area contributed by atoms with Crippen molar-refractivity contribution in [3.63, 3.8) is 0 Å². The first-order chi connectivity index (χ1) is 9.31. The lowest BCUT2D eigenvalue weighted by atomic mass is 10.1. The van der Waals surface area contributed by atoms with E-state index in [4.69, 9.17) is 4.74 Å². The van der Waals surface area contributed by atoms with Crippen LogP contribution >= 0.6 is 15.9 Å². The second-order valence-corrected chi connectivity index (χ2v) is 6.22. The minimum Gasteiger partial charge on any atom is -0.476 e. The summed E-state index contributed by atoms with van der Waals surface area (Å²) in [5.41, 5.74) is 0. The number of hydrogen-bond acceptors (Lipinski definition) is 4. The van der Waals surface area contributed by atoms with Gasteiger partial charge in [-0.05, 0) is 54.7 Å². The van der Waals surface area contributed by atoms with Crippen molar-refractivity contribution in [2.45, 2.75) is 38.0 Å². The van der Waals surface area contributed by atoms with Crippen LogP contribution in [-0.4, -0.2) is 41.1 Å². The molecular formula is C14H20BrN3O. The maximum atomic E-state index is 5.79. The van der Waals surface area contributed by atoms with Gasteiger partial charge in [-0.2, -0.15) is 4.98 Å². The van der Waals surface area contributed by atoms with E-state index < -0.39 is 0 Å². The molecule has 1 saturated carbocycles. The van der Waals surface area contributed by atoms with Gasteiger partial charge in [0.15, 0.2) is 0 Å². The molecule has 1 aliphatic carbocycles. The van der Waals surface area contributed by atoms with Crippen LogP contribution in [0.2, 0.25) is 0 Å². The molecule has 104 valence electrons. The Morgan fingerprint density at radius 1 is 1.21 bits per heavy atom. The van der Waals surface area contributed by atoms with Gasteiger partial charge in [-0.15, -0.1) is 0 Å². The van der Waals surface area contributed by atoms with Gasteiger partial charge in [-0.25, -0.2) is 4.98 Å². The summed E-state index contributed by atoms with van der Waals surface area (Å²) in [6, 6.07) is 1.86. The average Bonchev–Trinajstić information content (AvgIpc) is 3.24. The molecule has 1 aliphatic heterocycles. The molecule has 1 saturated heterocycles. The molecule has 0 aromatic carbocycles. The predicted molar refractivity (Wildman–Crippen MR) is 77.5 cm³/mol. The standard InChI is InChI=1S/C14H20BrN3O/c15-12-10-13(17-14(16-12)11-4-5-11)19-9-8-18-6-2-1-3-7-18/h10-11H,1-9H2. The summed E-state index contributed by atoms with van der Waals surface area (Å²) in [6.45, 7) is 4.14. The molecule has 0 N–H and O–H groups in total. The molecular weight excluding hydrogens is 306 g/mol. The van der Waals surface area contributed by atoms with E-state index in [0.717, 1.165) is 17.0 Å². The van der Waals surface area contributed by atoms with Crippen LogP contribution in [0, 0.1) is 0 Å². The molecule has 2 heterocycles. The van der Waals surface area contributed by atoms with Crippen molar-refractivity contribution in [3.05, 3.63) is 16.5 Å². The molecule has 19 heavy (non-hydrogen) atoms. The largest absolute Gasteiger partial charge is 0.476 e. The lowest BCUT2D eigenvalue weighted by Crippen LogP contribution is -2.33. The first-order valence-corrected chi connectivity index (χ1v) is 8.00. The van der Waals surface area contributed by atoms with Gasteiger partial charge in [-0.3, -0.25) is 4.90 Å². The highest BCUT2D eigenvalue weighted by Gasteiger charge is 2.27. The summed E-state index contributed by atoms with van der Waals surface area (Å²) >= 11 is 3.44. The fourth-order valence-electron chi connectivity index (χ4n) is 2.47. The highest BCUT2D eigenvalue weighted by molar-refractivity contribution is 9.10. The maximum Gasteiger partial charge on any atom is 0.217 e. The van der Waals surface area contributed by atoms with E-state index >= 15 is 0 Å². The van der Waals surface area contributed by atoms with Crippen LogP contribution in [-0.2, 0) is 0 Å². The van der Waals surface area contributed by atoms with Gasteiger partial charge in [0.2, 0.25) is 5.88 Å². The lowest BCUT2D eigenvalue weighted by molar-refractivity contribution is 0.180. The Morgan fingerprint density at radius 3 is 2.74 bits per heavy atom. The van der Waals surface area contributed by atoms with Crippen LogP contribution < -0.4 is 4.74 Å². The van der Waals surface area contributed by atoms with E-state index in [9.17, 15) is 0 Å². The maximum absolute atomic E-state index is 5.79. The van der Waals surface area contributed by atoms with Crippen molar-refractivity contribution in [2.75, 3.05) is 26.2 Å². The summed E-state index contributed by atoms with van der Waals surface area (Å²) in [5.74, 6) is 2.20. The molecule has 0 unspecified atom stereocenters. The molecule has 5 heteroatoms. The second-order valence-electron chi connectivity index (χ2n) is 5.41. The van der Waals surface area contributed by atoms with E-state index in [1.165, 1.54) is 45.2 Å².